The predicted molar refractivity (Wildman–Crippen MR) is 126 cm³/mol. The third-order valence-electron chi connectivity index (χ3n) is 6.72. The number of para-hydroxylation sites is 2. The van der Waals surface area contributed by atoms with Crippen LogP contribution in [0, 0.1) is 0 Å². The summed E-state index contributed by atoms with van der Waals surface area (Å²) >= 11 is 0. The molecular formula is C25H34N2O4S. The van der Waals surface area contributed by atoms with Crippen molar-refractivity contribution in [3.63, 3.8) is 0 Å². The van der Waals surface area contributed by atoms with Crippen LogP contribution in [0.25, 0.3) is 0 Å². The maximum absolute atomic E-state index is 12.2. The van der Waals surface area contributed by atoms with Crippen LogP contribution in [0.15, 0.2) is 54.6 Å². The number of piperidine rings is 1. The molecule has 0 radical (unpaired) electrons. The molecule has 1 atom stereocenters. The van der Waals surface area contributed by atoms with Crippen molar-refractivity contribution in [3.8, 4) is 11.5 Å². The van der Waals surface area contributed by atoms with Gasteiger partial charge in [0.05, 0.1) is 11.9 Å². The zero-order chi connectivity index (χ0) is 22.6. The van der Waals surface area contributed by atoms with Gasteiger partial charge in [0.1, 0.15) is 11.5 Å². The van der Waals surface area contributed by atoms with Crippen LogP contribution in [0.5, 0.6) is 11.5 Å². The molecule has 2 aromatic rings. The topological polar surface area (TPSA) is 59.1 Å². The van der Waals surface area contributed by atoms with Crippen LogP contribution in [0.4, 0.5) is 0 Å². The molecule has 4 rings (SSSR count). The van der Waals surface area contributed by atoms with Gasteiger partial charge < -0.3 is 9.47 Å². The first-order valence-corrected chi connectivity index (χ1v) is 13.4. The van der Waals surface area contributed by atoms with E-state index in [1.165, 1.54) is 11.8 Å². The second kappa shape index (κ2) is 9.91. The van der Waals surface area contributed by atoms with Crippen molar-refractivity contribution >= 4 is 10.0 Å². The molecular weight excluding hydrogens is 424 g/mol. The Balaban J connectivity index is 1.38. The molecule has 2 aromatic carbocycles. The maximum Gasteiger partial charge on any atom is 0.211 e. The summed E-state index contributed by atoms with van der Waals surface area (Å²) in [4.78, 5) is 2.44. The molecule has 2 aliphatic rings. The summed E-state index contributed by atoms with van der Waals surface area (Å²) in [6.45, 7) is 5.75. The highest BCUT2D eigenvalue weighted by Gasteiger charge is 2.43. The lowest BCUT2D eigenvalue weighted by Gasteiger charge is -2.48. The van der Waals surface area contributed by atoms with E-state index in [2.05, 4.69) is 17.0 Å². The first kappa shape index (κ1) is 23.2. The van der Waals surface area contributed by atoms with Gasteiger partial charge >= 0.3 is 0 Å². The molecule has 0 amide bonds. The average Bonchev–Trinajstić information content (AvgIpc) is 2.77. The fourth-order valence-electron chi connectivity index (χ4n) is 5.07. The molecule has 7 heteroatoms. The zero-order valence-electron chi connectivity index (χ0n) is 19.1. The molecule has 0 bridgehead atoms. The van der Waals surface area contributed by atoms with E-state index < -0.39 is 10.0 Å². The molecule has 32 heavy (non-hydrogen) atoms. The molecule has 6 nitrogen and oxygen atoms in total. The average molecular weight is 459 g/mol. The number of sulfonamides is 1. The second-order valence-electron chi connectivity index (χ2n) is 8.94. The summed E-state index contributed by atoms with van der Waals surface area (Å²) in [5, 5.41) is 0. The highest BCUT2D eigenvalue weighted by molar-refractivity contribution is 7.88. The number of benzene rings is 2. The first-order chi connectivity index (χ1) is 15.4. The Bertz CT molecular complexity index is 988. The molecule has 0 saturated carbocycles. The van der Waals surface area contributed by atoms with Gasteiger partial charge in [-0.1, -0.05) is 43.3 Å². The largest absolute Gasteiger partial charge is 0.457 e. The van der Waals surface area contributed by atoms with Crippen molar-refractivity contribution in [2.75, 3.05) is 32.5 Å². The number of nitrogens with zero attached hydrogens (tertiary/aromatic N) is 2. The van der Waals surface area contributed by atoms with Gasteiger partial charge in [-0.3, -0.25) is 4.90 Å². The van der Waals surface area contributed by atoms with E-state index in [1.807, 2.05) is 49.4 Å². The van der Waals surface area contributed by atoms with E-state index in [-0.39, 0.29) is 11.6 Å². The Morgan fingerprint density at radius 1 is 1.09 bits per heavy atom. The molecule has 0 N–H and O–H groups in total. The number of likely N-dealkylation sites (tertiary alicyclic amines) is 1. The lowest BCUT2D eigenvalue weighted by atomic mass is 9.82. The van der Waals surface area contributed by atoms with Crippen molar-refractivity contribution < 1.29 is 17.9 Å². The van der Waals surface area contributed by atoms with E-state index in [1.54, 1.807) is 4.31 Å². The Morgan fingerprint density at radius 3 is 2.47 bits per heavy atom. The van der Waals surface area contributed by atoms with Gasteiger partial charge in [0.15, 0.2) is 0 Å². The Morgan fingerprint density at radius 2 is 1.78 bits per heavy atom. The predicted octanol–water partition coefficient (Wildman–Crippen LogP) is 4.27. The van der Waals surface area contributed by atoms with Crippen LogP contribution in [0.1, 0.15) is 38.2 Å². The van der Waals surface area contributed by atoms with Crippen molar-refractivity contribution in [2.24, 2.45) is 0 Å². The monoisotopic (exact) mass is 458 g/mol. The minimum atomic E-state index is -3.20. The number of rotatable bonds is 7. The van der Waals surface area contributed by atoms with E-state index in [0.717, 1.165) is 56.8 Å². The van der Waals surface area contributed by atoms with Crippen LogP contribution >= 0.6 is 0 Å². The SMILES string of the molecule is CCN([C@@H]1CCOC2(CCN(Cc3ccccc3Oc3ccccc3)CC2)C1)S(C)(=O)=O. The van der Waals surface area contributed by atoms with Gasteiger partial charge in [0.2, 0.25) is 10.0 Å². The number of hydrogen-bond donors (Lipinski definition) is 0. The molecule has 0 unspecified atom stereocenters. The van der Waals surface area contributed by atoms with E-state index in [0.29, 0.717) is 13.2 Å². The summed E-state index contributed by atoms with van der Waals surface area (Å²) in [5.74, 6) is 1.73. The van der Waals surface area contributed by atoms with Crippen LogP contribution in [-0.4, -0.2) is 61.8 Å². The Hall–Kier alpha value is -1.93. The third kappa shape index (κ3) is 5.52. The normalized spacial score (nSPS) is 21.7. The molecule has 2 fully saturated rings. The summed E-state index contributed by atoms with van der Waals surface area (Å²) < 4.78 is 38.5. The summed E-state index contributed by atoms with van der Waals surface area (Å²) in [5.41, 5.74) is 0.960. The van der Waals surface area contributed by atoms with E-state index in [9.17, 15) is 8.42 Å². The molecule has 2 aliphatic heterocycles. The maximum atomic E-state index is 12.2. The number of ether oxygens (including phenoxy) is 2. The van der Waals surface area contributed by atoms with Crippen molar-refractivity contribution in [2.45, 2.75) is 50.8 Å². The fourth-order valence-corrected chi connectivity index (χ4v) is 6.26. The first-order valence-electron chi connectivity index (χ1n) is 11.5. The van der Waals surface area contributed by atoms with Crippen LogP contribution in [0.3, 0.4) is 0 Å². The van der Waals surface area contributed by atoms with Gasteiger partial charge in [-0.2, -0.15) is 4.31 Å². The van der Waals surface area contributed by atoms with Gasteiger partial charge in [-0.15, -0.1) is 0 Å². The molecule has 2 heterocycles. The minimum Gasteiger partial charge on any atom is -0.457 e. The van der Waals surface area contributed by atoms with Crippen LogP contribution in [0.2, 0.25) is 0 Å². The fraction of sp³-hybridized carbons (Fsp3) is 0.520. The summed E-state index contributed by atoms with van der Waals surface area (Å²) in [7, 11) is -3.20. The van der Waals surface area contributed by atoms with Crippen molar-refractivity contribution in [1.82, 2.24) is 9.21 Å². The highest BCUT2D eigenvalue weighted by Crippen LogP contribution is 2.38. The smallest absolute Gasteiger partial charge is 0.211 e. The van der Waals surface area contributed by atoms with E-state index in [4.69, 9.17) is 9.47 Å². The van der Waals surface area contributed by atoms with Gasteiger partial charge in [-0.05, 0) is 43.9 Å². The van der Waals surface area contributed by atoms with Gasteiger partial charge in [-0.25, -0.2) is 8.42 Å². The van der Waals surface area contributed by atoms with Crippen molar-refractivity contribution in [3.05, 3.63) is 60.2 Å². The summed E-state index contributed by atoms with van der Waals surface area (Å²) in [6.07, 6.45) is 4.72. The summed E-state index contributed by atoms with van der Waals surface area (Å²) in [6, 6.07) is 18.1. The lowest BCUT2D eigenvalue weighted by molar-refractivity contribution is -0.127. The molecule has 174 valence electrons. The Kier molecular flexibility index (Phi) is 7.20. The van der Waals surface area contributed by atoms with Gasteiger partial charge in [0.25, 0.3) is 0 Å². The number of hydrogen-bond acceptors (Lipinski definition) is 5. The van der Waals surface area contributed by atoms with Crippen LogP contribution in [-0.2, 0) is 21.3 Å². The van der Waals surface area contributed by atoms with Gasteiger partial charge in [0, 0.05) is 44.4 Å². The molecule has 0 aliphatic carbocycles. The van der Waals surface area contributed by atoms with Crippen molar-refractivity contribution in [1.29, 1.82) is 0 Å². The third-order valence-corrected chi connectivity index (χ3v) is 8.13. The zero-order valence-corrected chi connectivity index (χ0v) is 19.9. The highest BCUT2D eigenvalue weighted by atomic mass is 32.2. The minimum absolute atomic E-state index is 0.0373. The molecule has 0 aromatic heterocycles. The van der Waals surface area contributed by atoms with E-state index >= 15 is 0 Å². The quantitative estimate of drug-likeness (QED) is 0.620. The second-order valence-corrected chi connectivity index (χ2v) is 10.9. The standard InChI is InChI=1S/C25H34N2O4S/c1-3-27(32(2,28)29)22-13-18-30-25(19-22)14-16-26(17-15-25)20-21-9-7-8-12-24(21)31-23-10-5-4-6-11-23/h4-12,22H,3,13-20H2,1-2H3/t22-/m1/s1. The molecule has 1 spiro atoms. The lowest BCUT2D eigenvalue weighted by Crippen LogP contribution is -2.54. The molecule has 2 saturated heterocycles. The van der Waals surface area contributed by atoms with Crippen LogP contribution < -0.4 is 4.74 Å². The Labute approximate surface area is 192 Å².